The Morgan fingerprint density at radius 1 is 1.21 bits per heavy atom. The Kier molecular flexibility index (Phi) is 3.11. The van der Waals surface area contributed by atoms with Crippen molar-refractivity contribution in [1.29, 1.82) is 0 Å². The van der Waals surface area contributed by atoms with Crippen LogP contribution in [0.1, 0.15) is 23.6 Å². The third kappa shape index (κ3) is 2.17. The van der Waals surface area contributed by atoms with Crippen molar-refractivity contribution in [2.45, 2.75) is 18.9 Å². The van der Waals surface area contributed by atoms with Crippen LogP contribution in [0, 0.1) is 0 Å². The van der Waals surface area contributed by atoms with Crippen LogP contribution < -0.4 is 10.5 Å². The number of halogens is 1. The topological polar surface area (TPSA) is 35.2 Å². The van der Waals surface area contributed by atoms with Crippen LogP contribution in [-0.2, 0) is 12.0 Å². The summed E-state index contributed by atoms with van der Waals surface area (Å²) in [5.41, 5.74) is 9.52. The van der Waals surface area contributed by atoms with Crippen LogP contribution >= 0.6 is 15.9 Å². The van der Waals surface area contributed by atoms with Gasteiger partial charge in [-0.1, -0.05) is 40.2 Å². The molecule has 2 nitrogen and oxygen atoms in total. The highest BCUT2D eigenvalue weighted by Gasteiger charge is 2.27. The predicted molar refractivity (Wildman–Crippen MR) is 80.4 cm³/mol. The van der Waals surface area contributed by atoms with E-state index in [9.17, 15) is 0 Å². The van der Waals surface area contributed by atoms with Crippen LogP contribution in [0.4, 0.5) is 0 Å². The molecule has 0 fully saturated rings. The van der Waals surface area contributed by atoms with Crippen molar-refractivity contribution in [3.05, 3.63) is 63.6 Å². The maximum atomic E-state index is 6.58. The molecular formula is C16H16BrNO. The molecule has 98 valence electrons. The van der Waals surface area contributed by atoms with Crippen molar-refractivity contribution in [3.63, 3.8) is 0 Å². The van der Waals surface area contributed by atoms with Crippen LogP contribution in [0.2, 0.25) is 0 Å². The number of rotatable bonds is 2. The highest BCUT2D eigenvalue weighted by Crippen LogP contribution is 2.35. The predicted octanol–water partition coefficient (Wildman–Crippen LogP) is 3.61. The fraction of sp³-hybridized carbons (Fsp3) is 0.250. The van der Waals surface area contributed by atoms with Gasteiger partial charge < -0.3 is 10.5 Å². The number of fused-ring (bicyclic) bond motifs is 1. The SMILES string of the molecule is CC(N)(c1ccc2c(c1)CCO2)c1ccccc1Br. The van der Waals surface area contributed by atoms with Gasteiger partial charge in [0, 0.05) is 10.9 Å². The first-order chi connectivity index (χ1) is 9.09. The number of hydrogen-bond acceptors (Lipinski definition) is 2. The molecule has 1 heterocycles. The molecule has 3 heteroatoms. The van der Waals surface area contributed by atoms with E-state index in [4.69, 9.17) is 10.5 Å². The molecule has 1 aliphatic heterocycles. The zero-order valence-corrected chi connectivity index (χ0v) is 12.4. The van der Waals surface area contributed by atoms with Crippen molar-refractivity contribution < 1.29 is 4.74 Å². The minimum Gasteiger partial charge on any atom is -0.493 e. The van der Waals surface area contributed by atoms with E-state index in [0.29, 0.717) is 0 Å². The summed E-state index contributed by atoms with van der Waals surface area (Å²) in [5.74, 6) is 0.992. The van der Waals surface area contributed by atoms with Gasteiger partial charge in [-0.15, -0.1) is 0 Å². The van der Waals surface area contributed by atoms with Gasteiger partial charge in [0.25, 0.3) is 0 Å². The fourth-order valence-corrected chi connectivity index (χ4v) is 3.24. The van der Waals surface area contributed by atoms with E-state index in [1.165, 1.54) is 5.56 Å². The van der Waals surface area contributed by atoms with E-state index in [0.717, 1.165) is 34.4 Å². The van der Waals surface area contributed by atoms with Gasteiger partial charge in [0.2, 0.25) is 0 Å². The fourth-order valence-electron chi connectivity index (χ4n) is 2.55. The molecule has 2 aromatic carbocycles. The molecule has 0 saturated heterocycles. The van der Waals surface area contributed by atoms with Gasteiger partial charge in [-0.05, 0) is 41.8 Å². The van der Waals surface area contributed by atoms with E-state index >= 15 is 0 Å². The molecular weight excluding hydrogens is 302 g/mol. The summed E-state index contributed by atoms with van der Waals surface area (Å²) >= 11 is 3.59. The summed E-state index contributed by atoms with van der Waals surface area (Å²) < 4.78 is 6.58. The molecule has 2 aromatic rings. The Labute approximate surface area is 121 Å². The monoisotopic (exact) mass is 317 g/mol. The zero-order valence-electron chi connectivity index (χ0n) is 10.8. The third-order valence-electron chi connectivity index (χ3n) is 3.72. The van der Waals surface area contributed by atoms with Crippen LogP contribution in [0.15, 0.2) is 46.9 Å². The van der Waals surface area contributed by atoms with Crippen LogP contribution in [-0.4, -0.2) is 6.61 Å². The van der Waals surface area contributed by atoms with Crippen molar-refractivity contribution >= 4 is 15.9 Å². The smallest absolute Gasteiger partial charge is 0.122 e. The lowest BCUT2D eigenvalue weighted by Crippen LogP contribution is -2.34. The van der Waals surface area contributed by atoms with Gasteiger partial charge >= 0.3 is 0 Å². The molecule has 19 heavy (non-hydrogen) atoms. The summed E-state index contributed by atoms with van der Waals surface area (Å²) in [5, 5.41) is 0. The van der Waals surface area contributed by atoms with Crippen molar-refractivity contribution in [1.82, 2.24) is 0 Å². The Bertz CT molecular complexity index is 622. The molecule has 1 unspecified atom stereocenters. The standard InChI is InChI=1S/C16H16BrNO/c1-16(18,13-4-2-3-5-14(13)17)12-6-7-15-11(10-12)8-9-19-15/h2-7,10H,8-9,18H2,1H3. The molecule has 0 aromatic heterocycles. The van der Waals surface area contributed by atoms with Crippen LogP contribution in [0.5, 0.6) is 5.75 Å². The summed E-state index contributed by atoms with van der Waals surface area (Å²) in [4.78, 5) is 0. The second-order valence-corrected chi connectivity index (χ2v) is 5.96. The molecule has 1 aliphatic rings. The lowest BCUT2D eigenvalue weighted by Gasteiger charge is -2.27. The number of benzene rings is 2. The largest absolute Gasteiger partial charge is 0.493 e. The Hall–Kier alpha value is -1.32. The Morgan fingerprint density at radius 2 is 2.00 bits per heavy atom. The Morgan fingerprint density at radius 3 is 2.79 bits per heavy atom. The molecule has 3 rings (SSSR count). The highest BCUT2D eigenvalue weighted by atomic mass is 79.9. The second kappa shape index (κ2) is 4.66. The summed E-state index contributed by atoms with van der Waals surface area (Å²) in [6.07, 6.45) is 0.967. The van der Waals surface area contributed by atoms with E-state index in [-0.39, 0.29) is 0 Å². The molecule has 0 saturated carbocycles. The van der Waals surface area contributed by atoms with Gasteiger partial charge in [-0.2, -0.15) is 0 Å². The van der Waals surface area contributed by atoms with E-state index in [1.807, 2.05) is 31.2 Å². The maximum absolute atomic E-state index is 6.58. The first kappa shape index (κ1) is 12.7. The Balaban J connectivity index is 2.07. The van der Waals surface area contributed by atoms with Gasteiger partial charge in [-0.25, -0.2) is 0 Å². The lowest BCUT2D eigenvalue weighted by atomic mass is 9.85. The van der Waals surface area contributed by atoms with Crippen molar-refractivity contribution in [3.8, 4) is 5.75 Å². The molecule has 2 N–H and O–H groups in total. The quantitative estimate of drug-likeness (QED) is 0.918. The minimum absolute atomic E-state index is 0.516. The molecule has 0 spiro atoms. The molecule has 1 atom stereocenters. The van der Waals surface area contributed by atoms with E-state index < -0.39 is 5.54 Å². The lowest BCUT2D eigenvalue weighted by molar-refractivity contribution is 0.356. The zero-order chi connectivity index (χ0) is 13.5. The number of nitrogens with two attached hydrogens (primary N) is 1. The van der Waals surface area contributed by atoms with Crippen LogP contribution in [0.3, 0.4) is 0 Å². The van der Waals surface area contributed by atoms with Crippen LogP contribution in [0.25, 0.3) is 0 Å². The van der Waals surface area contributed by atoms with Gasteiger partial charge in [0.15, 0.2) is 0 Å². The number of hydrogen-bond donors (Lipinski definition) is 1. The first-order valence-corrected chi connectivity index (χ1v) is 7.18. The minimum atomic E-state index is -0.516. The normalized spacial score (nSPS) is 16.6. The van der Waals surface area contributed by atoms with Crippen molar-refractivity contribution in [2.24, 2.45) is 5.73 Å². The maximum Gasteiger partial charge on any atom is 0.122 e. The molecule has 0 amide bonds. The average molecular weight is 318 g/mol. The summed E-state index contributed by atoms with van der Waals surface area (Å²) in [6, 6.07) is 14.4. The summed E-state index contributed by atoms with van der Waals surface area (Å²) in [6.45, 7) is 2.82. The van der Waals surface area contributed by atoms with Gasteiger partial charge in [-0.3, -0.25) is 0 Å². The number of ether oxygens (including phenoxy) is 1. The van der Waals surface area contributed by atoms with E-state index in [2.05, 4.69) is 34.1 Å². The third-order valence-corrected chi connectivity index (χ3v) is 4.41. The van der Waals surface area contributed by atoms with Crippen molar-refractivity contribution in [2.75, 3.05) is 6.61 Å². The molecule has 0 aliphatic carbocycles. The van der Waals surface area contributed by atoms with E-state index in [1.54, 1.807) is 0 Å². The average Bonchev–Trinajstić information content (AvgIpc) is 2.86. The second-order valence-electron chi connectivity index (χ2n) is 5.10. The summed E-state index contributed by atoms with van der Waals surface area (Å²) in [7, 11) is 0. The first-order valence-electron chi connectivity index (χ1n) is 6.39. The highest BCUT2D eigenvalue weighted by molar-refractivity contribution is 9.10. The molecule has 0 radical (unpaired) electrons. The van der Waals surface area contributed by atoms with Gasteiger partial charge in [0.1, 0.15) is 5.75 Å². The van der Waals surface area contributed by atoms with Gasteiger partial charge in [0.05, 0.1) is 12.1 Å². The molecule has 0 bridgehead atoms.